The first kappa shape index (κ1) is 13.1. The van der Waals surface area contributed by atoms with Crippen molar-refractivity contribution < 1.29 is 12.4 Å². The Morgan fingerprint density at radius 3 is 2.61 bits per heavy atom. The standard InChI is InChI=1S/C14H17N3.ClH/c1-11-6-8-17(9-7-11)14-12-4-2-3-5-13(12)15-10-16-14;/h2-5,10-11H,6-9H2,1H3;1H/p-1. The van der Waals surface area contributed by atoms with Gasteiger partial charge in [-0.2, -0.15) is 0 Å². The molecule has 0 amide bonds. The highest BCUT2D eigenvalue weighted by atomic mass is 35.5. The number of rotatable bonds is 1. The van der Waals surface area contributed by atoms with Crippen molar-refractivity contribution in [3.05, 3.63) is 30.6 Å². The average Bonchev–Trinajstić information content (AvgIpc) is 2.39. The summed E-state index contributed by atoms with van der Waals surface area (Å²) in [6.07, 6.45) is 4.20. The third-order valence-electron chi connectivity index (χ3n) is 3.60. The van der Waals surface area contributed by atoms with Gasteiger partial charge in [0.2, 0.25) is 0 Å². The summed E-state index contributed by atoms with van der Waals surface area (Å²) in [5.41, 5.74) is 1.04. The molecular formula is C14H17ClN3-. The van der Waals surface area contributed by atoms with Gasteiger partial charge in [0.15, 0.2) is 0 Å². The van der Waals surface area contributed by atoms with Gasteiger partial charge in [-0.05, 0) is 30.9 Å². The number of hydrogen-bond donors (Lipinski definition) is 0. The third-order valence-corrected chi connectivity index (χ3v) is 3.60. The van der Waals surface area contributed by atoms with Gasteiger partial charge in [-0.15, -0.1) is 0 Å². The number of nitrogens with zero attached hydrogens (tertiary/aromatic N) is 3. The summed E-state index contributed by atoms with van der Waals surface area (Å²) in [5, 5.41) is 1.17. The Bertz CT molecular complexity index is 516. The Morgan fingerprint density at radius 1 is 1.11 bits per heavy atom. The minimum absolute atomic E-state index is 0. The van der Waals surface area contributed by atoms with Crippen LogP contribution < -0.4 is 17.3 Å². The van der Waals surface area contributed by atoms with E-state index in [1.165, 1.54) is 18.2 Å². The third kappa shape index (κ3) is 2.41. The van der Waals surface area contributed by atoms with E-state index in [-0.39, 0.29) is 12.4 Å². The van der Waals surface area contributed by atoms with Crippen molar-refractivity contribution in [2.24, 2.45) is 5.92 Å². The molecule has 1 aliphatic heterocycles. The van der Waals surface area contributed by atoms with Crippen LogP contribution in [-0.2, 0) is 0 Å². The molecular weight excluding hydrogens is 246 g/mol. The van der Waals surface area contributed by atoms with E-state index >= 15 is 0 Å². The van der Waals surface area contributed by atoms with Gasteiger partial charge in [0.05, 0.1) is 5.52 Å². The summed E-state index contributed by atoms with van der Waals surface area (Å²) < 4.78 is 0. The lowest BCUT2D eigenvalue weighted by Crippen LogP contribution is -3.00. The minimum Gasteiger partial charge on any atom is -1.00 e. The van der Waals surface area contributed by atoms with Crippen LogP contribution in [0.25, 0.3) is 10.9 Å². The Hall–Kier alpha value is -1.35. The molecule has 0 saturated carbocycles. The van der Waals surface area contributed by atoms with E-state index in [9.17, 15) is 0 Å². The van der Waals surface area contributed by atoms with Gasteiger partial charge in [0, 0.05) is 18.5 Å². The molecule has 3 nitrogen and oxygen atoms in total. The first-order valence-corrected chi connectivity index (χ1v) is 6.29. The lowest BCUT2D eigenvalue weighted by atomic mass is 9.99. The fraction of sp³-hybridized carbons (Fsp3) is 0.429. The topological polar surface area (TPSA) is 29.0 Å². The minimum atomic E-state index is 0. The van der Waals surface area contributed by atoms with E-state index in [4.69, 9.17) is 0 Å². The van der Waals surface area contributed by atoms with E-state index in [1.54, 1.807) is 6.33 Å². The molecule has 1 fully saturated rings. The maximum Gasteiger partial charge on any atom is 0.139 e. The van der Waals surface area contributed by atoms with Gasteiger partial charge in [-0.25, -0.2) is 9.97 Å². The summed E-state index contributed by atoms with van der Waals surface area (Å²) in [4.78, 5) is 11.2. The van der Waals surface area contributed by atoms with Crippen molar-refractivity contribution in [1.29, 1.82) is 0 Å². The fourth-order valence-electron chi connectivity index (χ4n) is 2.46. The number of para-hydroxylation sites is 1. The van der Waals surface area contributed by atoms with Gasteiger partial charge in [0.25, 0.3) is 0 Å². The number of hydrogen-bond acceptors (Lipinski definition) is 3. The zero-order chi connectivity index (χ0) is 11.7. The molecule has 1 aromatic carbocycles. The summed E-state index contributed by atoms with van der Waals surface area (Å²) in [7, 11) is 0. The Labute approximate surface area is 114 Å². The lowest BCUT2D eigenvalue weighted by Gasteiger charge is -2.31. The van der Waals surface area contributed by atoms with Crippen LogP contribution >= 0.6 is 0 Å². The van der Waals surface area contributed by atoms with Crippen LogP contribution in [0.1, 0.15) is 19.8 Å². The van der Waals surface area contributed by atoms with Crippen LogP contribution in [0.15, 0.2) is 30.6 Å². The molecule has 1 aliphatic rings. The molecule has 18 heavy (non-hydrogen) atoms. The maximum atomic E-state index is 4.47. The maximum absolute atomic E-state index is 4.47. The molecule has 0 unspecified atom stereocenters. The molecule has 4 heteroatoms. The second kappa shape index (κ2) is 5.53. The molecule has 2 aromatic rings. The molecule has 0 radical (unpaired) electrons. The molecule has 0 N–H and O–H groups in total. The molecule has 0 aliphatic carbocycles. The lowest BCUT2D eigenvalue weighted by molar-refractivity contribution is -0.00000364. The van der Waals surface area contributed by atoms with Gasteiger partial charge >= 0.3 is 0 Å². The molecule has 1 saturated heterocycles. The van der Waals surface area contributed by atoms with Crippen molar-refractivity contribution in [3.8, 4) is 0 Å². The number of halogens is 1. The van der Waals surface area contributed by atoms with Crippen LogP contribution in [0, 0.1) is 5.92 Å². The van der Waals surface area contributed by atoms with Crippen molar-refractivity contribution in [1.82, 2.24) is 9.97 Å². The molecule has 96 valence electrons. The Morgan fingerprint density at radius 2 is 1.83 bits per heavy atom. The Balaban J connectivity index is 0.00000120. The SMILES string of the molecule is CC1CCN(c2ncnc3ccccc23)CC1.[Cl-]. The zero-order valence-electron chi connectivity index (χ0n) is 10.5. The van der Waals surface area contributed by atoms with E-state index < -0.39 is 0 Å². The van der Waals surface area contributed by atoms with Crippen LogP contribution in [0.4, 0.5) is 5.82 Å². The number of aromatic nitrogens is 2. The summed E-state index contributed by atoms with van der Waals surface area (Å²) in [5.74, 6) is 1.95. The summed E-state index contributed by atoms with van der Waals surface area (Å²) >= 11 is 0. The monoisotopic (exact) mass is 262 g/mol. The highest BCUT2D eigenvalue weighted by molar-refractivity contribution is 5.89. The van der Waals surface area contributed by atoms with E-state index in [2.05, 4.69) is 33.9 Å². The van der Waals surface area contributed by atoms with Crippen molar-refractivity contribution >= 4 is 16.7 Å². The number of benzene rings is 1. The van der Waals surface area contributed by atoms with E-state index in [0.717, 1.165) is 30.3 Å². The van der Waals surface area contributed by atoms with E-state index in [1.807, 2.05) is 12.1 Å². The molecule has 3 rings (SSSR count). The molecule has 1 aromatic heterocycles. The second-order valence-electron chi connectivity index (χ2n) is 4.88. The first-order chi connectivity index (χ1) is 8.34. The largest absolute Gasteiger partial charge is 1.00 e. The second-order valence-corrected chi connectivity index (χ2v) is 4.88. The fourth-order valence-corrected chi connectivity index (χ4v) is 2.46. The predicted molar refractivity (Wildman–Crippen MR) is 70.1 cm³/mol. The van der Waals surface area contributed by atoms with Crippen molar-refractivity contribution in [2.75, 3.05) is 18.0 Å². The molecule has 0 spiro atoms. The van der Waals surface area contributed by atoms with Crippen molar-refractivity contribution in [3.63, 3.8) is 0 Å². The highest BCUT2D eigenvalue weighted by Gasteiger charge is 2.18. The van der Waals surface area contributed by atoms with Crippen molar-refractivity contribution in [2.45, 2.75) is 19.8 Å². The van der Waals surface area contributed by atoms with Gasteiger partial charge in [0.1, 0.15) is 12.1 Å². The predicted octanol–water partition coefficient (Wildman–Crippen LogP) is -0.130. The van der Waals surface area contributed by atoms with Crippen LogP contribution in [-0.4, -0.2) is 23.1 Å². The van der Waals surface area contributed by atoms with Crippen LogP contribution in [0.3, 0.4) is 0 Å². The van der Waals surface area contributed by atoms with Gasteiger partial charge in [-0.1, -0.05) is 19.1 Å². The average molecular weight is 263 g/mol. The molecule has 2 heterocycles. The zero-order valence-corrected chi connectivity index (χ0v) is 11.3. The van der Waals surface area contributed by atoms with Gasteiger partial charge in [-0.3, -0.25) is 0 Å². The summed E-state index contributed by atoms with van der Waals surface area (Å²) in [6.45, 7) is 4.56. The smallest absolute Gasteiger partial charge is 0.139 e. The number of anilines is 1. The van der Waals surface area contributed by atoms with Gasteiger partial charge < -0.3 is 17.3 Å². The molecule has 0 bridgehead atoms. The number of piperidine rings is 1. The molecule has 0 atom stereocenters. The first-order valence-electron chi connectivity index (χ1n) is 6.29. The van der Waals surface area contributed by atoms with Crippen LogP contribution in [0.2, 0.25) is 0 Å². The normalized spacial score (nSPS) is 16.6. The van der Waals surface area contributed by atoms with E-state index in [0.29, 0.717) is 0 Å². The Kier molecular flexibility index (Phi) is 4.02. The highest BCUT2D eigenvalue weighted by Crippen LogP contribution is 2.26. The quantitative estimate of drug-likeness (QED) is 0.717. The summed E-state index contributed by atoms with van der Waals surface area (Å²) in [6, 6.07) is 8.24. The number of fused-ring (bicyclic) bond motifs is 1. The van der Waals surface area contributed by atoms with Crippen LogP contribution in [0.5, 0.6) is 0 Å².